The molecule has 0 amide bonds. The van der Waals surface area contributed by atoms with Crippen LogP contribution < -0.4 is 15.4 Å². The van der Waals surface area contributed by atoms with E-state index in [-0.39, 0.29) is 11.7 Å². The topological polar surface area (TPSA) is 85.0 Å². The first-order valence-corrected chi connectivity index (χ1v) is 10.6. The van der Waals surface area contributed by atoms with Crippen LogP contribution in [0, 0.1) is 0 Å². The first-order chi connectivity index (χ1) is 15.8. The van der Waals surface area contributed by atoms with E-state index in [0.29, 0.717) is 28.3 Å². The molecule has 0 fully saturated rings. The number of anilines is 2. The number of phenols is 1. The quantitative estimate of drug-likeness (QED) is 0.436. The van der Waals surface area contributed by atoms with E-state index in [0.717, 1.165) is 22.5 Å². The van der Waals surface area contributed by atoms with E-state index >= 15 is 0 Å². The van der Waals surface area contributed by atoms with E-state index in [9.17, 15) is 9.90 Å². The molecular formula is C27H24N2O4. The van der Waals surface area contributed by atoms with Crippen molar-refractivity contribution >= 4 is 17.3 Å². The molecule has 6 heteroatoms. The van der Waals surface area contributed by atoms with Crippen LogP contribution in [0.5, 0.6) is 11.5 Å². The molecule has 0 saturated carbocycles. The number of hydrogen-bond acceptors (Lipinski definition) is 6. The van der Waals surface area contributed by atoms with Gasteiger partial charge in [0.05, 0.1) is 5.56 Å². The second-order valence-electron chi connectivity index (χ2n) is 8.32. The van der Waals surface area contributed by atoms with Crippen molar-refractivity contribution in [1.82, 2.24) is 0 Å². The van der Waals surface area contributed by atoms with Crippen molar-refractivity contribution in [3.63, 3.8) is 0 Å². The lowest BCUT2D eigenvalue weighted by molar-refractivity contribution is 0.0204. The van der Waals surface area contributed by atoms with Crippen molar-refractivity contribution in [3.05, 3.63) is 107 Å². The fourth-order valence-electron chi connectivity index (χ4n) is 4.48. The normalized spacial score (nSPS) is 19.1. The molecule has 3 aromatic rings. The van der Waals surface area contributed by atoms with E-state index in [1.54, 1.807) is 24.3 Å². The van der Waals surface area contributed by atoms with Crippen LogP contribution in [0.1, 0.15) is 35.3 Å². The highest BCUT2D eigenvalue weighted by molar-refractivity contribution is 5.96. The molecule has 1 atom stereocenters. The Kier molecular flexibility index (Phi) is 4.67. The van der Waals surface area contributed by atoms with Crippen molar-refractivity contribution in [1.29, 1.82) is 0 Å². The minimum absolute atomic E-state index is 0.0695. The summed E-state index contributed by atoms with van der Waals surface area (Å²) in [4.78, 5) is 14.9. The van der Waals surface area contributed by atoms with E-state index in [1.807, 2.05) is 74.3 Å². The number of hydrogen-bond donors (Lipinski definition) is 2. The van der Waals surface area contributed by atoms with Crippen molar-refractivity contribution in [2.75, 3.05) is 17.7 Å². The Morgan fingerprint density at radius 2 is 1.79 bits per heavy atom. The fourth-order valence-corrected chi connectivity index (χ4v) is 4.48. The number of phenolic OH excluding ortho intramolecular Hbond substituents is 1. The number of carbonyl (C=O) groups is 1. The number of nitrogens with two attached hydrogens (primary N) is 1. The van der Waals surface area contributed by atoms with Crippen LogP contribution in [0.3, 0.4) is 0 Å². The minimum Gasteiger partial charge on any atom is -0.508 e. The number of carbonyl (C=O) groups excluding carboxylic acids is 1. The van der Waals surface area contributed by atoms with Gasteiger partial charge in [-0.3, -0.25) is 0 Å². The standard InChI is InChI=1S/C27H24N2O4/c1-16(29(3)19-10-8-18(28)9-11-19)14-24-17(2)27(23-13-12-20(30)15-25(23)32-24)22-7-5-4-6-21(22)26(31)33-27/h4-15,30H,28H2,1-3H3/b16-14+. The minimum atomic E-state index is -1.12. The summed E-state index contributed by atoms with van der Waals surface area (Å²) in [6.07, 6.45) is 1.91. The van der Waals surface area contributed by atoms with E-state index < -0.39 is 5.60 Å². The fraction of sp³-hybridized carbons (Fsp3) is 0.148. The zero-order valence-corrected chi connectivity index (χ0v) is 18.6. The summed E-state index contributed by atoms with van der Waals surface area (Å²) in [5.41, 5.74) is 9.99. The van der Waals surface area contributed by atoms with Crippen molar-refractivity contribution in [2.45, 2.75) is 19.4 Å². The number of esters is 1. The van der Waals surface area contributed by atoms with Gasteiger partial charge in [-0.2, -0.15) is 0 Å². The summed E-state index contributed by atoms with van der Waals surface area (Å²) in [5.74, 6) is 0.682. The zero-order valence-electron chi connectivity index (χ0n) is 18.6. The number of nitrogens with zero attached hydrogens (tertiary/aromatic N) is 1. The van der Waals surface area contributed by atoms with Crippen LogP contribution in [-0.2, 0) is 10.3 Å². The second-order valence-corrected chi connectivity index (χ2v) is 8.32. The van der Waals surface area contributed by atoms with Gasteiger partial charge in [-0.15, -0.1) is 0 Å². The highest BCUT2D eigenvalue weighted by Gasteiger charge is 2.53. The highest BCUT2D eigenvalue weighted by atomic mass is 16.6. The first kappa shape index (κ1) is 20.7. The van der Waals surface area contributed by atoms with Crippen LogP contribution in [0.2, 0.25) is 0 Å². The number of rotatable bonds is 3. The Morgan fingerprint density at radius 3 is 2.55 bits per heavy atom. The van der Waals surface area contributed by atoms with Gasteiger partial charge in [0.2, 0.25) is 0 Å². The molecule has 2 heterocycles. The molecule has 0 aliphatic carbocycles. The van der Waals surface area contributed by atoms with E-state index in [1.165, 1.54) is 0 Å². The van der Waals surface area contributed by atoms with Crippen LogP contribution in [0.4, 0.5) is 11.4 Å². The molecule has 3 aromatic carbocycles. The molecule has 2 aliphatic heterocycles. The predicted octanol–water partition coefficient (Wildman–Crippen LogP) is 5.10. The summed E-state index contributed by atoms with van der Waals surface area (Å²) in [7, 11) is 1.95. The number of fused-ring (bicyclic) bond motifs is 4. The van der Waals surface area contributed by atoms with Gasteiger partial charge in [0.15, 0.2) is 5.60 Å². The van der Waals surface area contributed by atoms with Gasteiger partial charge in [-0.05, 0) is 56.3 Å². The molecule has 2 aliphatic rings. The molecule has 0 radical (unpaired) electrons. The highest BCUT2D eigenvalue weighted by Crippen LogP contribution is 2.54. The number of ether oxygens (including phenoxy) is 2. The maximum atomic E-state index is 12.8. The molecule has 166 valence electrons. The zero-order chi connectivity index (χ0) is 23.3. The van der Waals surface area contributed by atoms with Gasteiger partial charge in [-0.25, -0.2) is 4.79 Å². The lowest BCUT2D eigenvalue weighted by atomic mass is 9.78. The second kappa shape index (κ2) is 7.45. The molecule has 1 unspecified atom stereocenters. The van der Waals surface area contributed by atoms with Gasteiger partial charge in [0.1, 0.15) is 17.3 Å². The van der Waals surface area contributed by atoms with Crippen LogP contribution >= 0.6 is 0 Å². The molecule has 0 aromatic heterocycles. The molecule has 5 rings (SSSR count). The monoisotopic (exact) mass is 440 g/mol. The molecule has 1 spiro atoms. The van der Waals surface area contributed by atoms with Gasteiger partial charge in [-0.1, -0.05) is 18.2 Å². The largest absolute Gasteiger partial charge is 0.508 e. The summed E-state index contributed by atoms with van der Waals surface area (Å²) < 4.78 is 12.3. The van der Waals surface area contributed by atoms with Crippen LogP contribution in [-0.4, -0.2) is 18.1 Å². The smallest absolute Gasteiger partial charge is 0.340 e. The molecule has 0 saturated heterocycles. The first-order valence-electron chi connectivity index (χ1n) is 10.6. The summed E-state index contributed by atoms with van der Waals surface area (Å²) >= 11 is 0. The number of benzene rings is 3. The Labute approximate surface area is 192 Å². The maximum absolute atomic E-state index is 12.8. The molecule has 3 N–H and O–H groups in total. The van der Waals surface area contributed by atoms with Crippen molar-refractivity contribution < 1.29 is 19.4 Å². The Morgan fingerprint density at radius 1 is 1.06 bits per heavy atom. The van der Waals surface area contributed by atoms with E-state index in [2.05, 4.69) is 0 Å². The Bertz CT molecular complexity index is 1340. The average molecular weight is 440 g/mol. The van der Waals surface area contributed by atoms with Crippen LogP contribution in [0.25, 0.3) is 0 Å². The van der Waals surface area contributed by atoms with Crippen molar-refractivity contribution in [2.24, 2.45) is 0 Å². The molecule has 6 nitrogen and oxygen atoms in total. The number of aromatic hydroxyl groups is 1. The van der Waals surface area contributed by atoms with E-state index in [4.69, 9.17) is 15.2 Å². The summed E-state index contributed by atoms with van der Waals surface area (Å²) in [5, 5.41) is 10.1. The van der Waals surface area contributed by atoms with Gasteiger partial charge in [0, 0.05) is 53.0 Å². The third-order valence-electron chi connectivity index (χ3n) is 6.38. The number of nitrogen functional groups attached to an aromatic ring is 1. The molecule has 0 bridgehead atoms. The van der Waals surface area contributed by atoms with Crippen molar-refractivity contribution in [3.8, 4) is 11.5 Å². The van der Waals surface area contributed by atoms with Gasteiger partial charge >= 0.3 is 5.97 Å². The lowest BCUT2D eigenvalue weighted by Gasteiger charge is -2.37. The SMILES string of the molecule is CC1=C(/C=C(\C)N(C)c2ccc(N)cc2)Oc2cc(O)ccc2C12OC(=O)c1ccccc12. The predicted molar refractivity (Wildman–Crippen MR) is 127 cm³/mol. The van der Waals surface area contributed by atoms with Gasteiger partial charge < -0.3 is 25.2 Å². The Balaban J connectivity index is 1.67. The number of allylic oxidation sites excluding steroid dienone is 2. The summed E-state index contributed by atoms with van der Waals surface area (Å²) in [6.45, 7) is 3.88. The molecule has 33 heavy (non-hydrogen) atoms. The van der Waals surface area contributed by atoms with Crippen LogP contribution in [0.15, 0.2) is 89.8 Å². The third-order valence-corrected chi connectivity index (χ3v) is 6.38. The van der Waals surface area contributed by atoms with Gasteiger partial charge in [0.25, 0.3) is 0 Å². The maximum Gasteiger partial charge on any atom is 0.340 e. The Hall–Kier alpha value is -4.19. The third kappa shape index (κ3) is 3.14. The average Bonchev–Trinajstić information content (AvgIpc) is 3.10. The summed E-state index contributed by atoms with van der Waals surface area (Å²) in [6, 6.07) is 19.8. The molecular weight excluding hydrogens is 416 g/mol. The lowest BCUT2D eigenvalue weighted by Crippen LogP contribution is -2.34.